The third kappa shape index (κ3) is 2.95. The monoisotopic (exact) mass is 339 g/mol. The van der Waals surface area contributed by atoms with E-state index in [9.17, 15) is 18.0 Å². The third-order valence-electron chi connectivity index (χ3n) is 2.98. The summed E-state index contributed by atoms with van der Waals surface area (Å²) in [6.07, 6.45) is -4.48. The second kappa shape index (κ2) is 5.76. The molecule has 0 spiro atoms. The predicted molar refractivity (Wildman–Crippen MR) is 73.3 cm³/mol. The van der Waals surface area contributed by atoms with Crippen molar-refractivity contribution in [2.45, 2.75) is 6.18 Å². The van der Waals surface area contributed by atoms with Crippen LogP contribution in [0.5, 0.6) is 5.88 Å². The summed E-state index contributed by atoms with van der Waals surface area (Å²) < 4.78 is 47.0. The number of aromatic nitrogens is 4. The van der Waals surface area contributed by atoms with Gasteiger partial charge in [-0.15, -0.1) is 0 Å². The molecule has 0 fully saturated rings. The van der Waals surface area contributed by atoms with Crippen molar-refractivity contribution in [2.75, 3.05) is 12.4 Å². The summed E-state index contributed by atoms with van der Waals surface area (Å²) in [4.78, 5) is 20.0. The van der Waals surface area contributed by atoms with Crippen molar-refractivity contribution >= 4 is 23.0 Å². The molecule has 24 heavy (non-hydrogen) atoms. The minimum absolute atomic E-state index is 0.00484. The molecule has 1 amide bonds. The number of carbonyl (C=O) groups excluding carboxylic acids is 1. The summed E-state index contributed by atoms with van der Waals surface area (Å²) in [6.45, 7) is 0. The number of hydrogen-bond donors (Lipinski definition) is 1. The first-order valence-electron chi connectivity index (χ1n) is 6.41. The van der Waals surface area contributed by atoms with Crippen molar-refractivity contribution in [1.82, 2.24) is 20.3 Å². The Morgan fingerprint density at radius 1 is 1.12 bits per heavy atom. The van der Waals surface area contributed by atoms with Crippen molar-refractivity contribution < 1.29 is 27.3 Å². The number of rotatable bonds is 3. The van der Waals surface area contributed by atoms with E-state index in [1.807, 2.05) is 0 Å². The van der Waals surface area contributed by atoms with Crippen LogP contribution in [0.1, 0.15) is 15.9 Å². The van der Waals surface area contributed by atoms with Gasteiger partial charge < -0.3 is 10.1 Å². The quantitative estimate of drug-likeness (QED) is 0.781. The first-order chi connectivity index (χ1) is 11.4. The molecule has 11 heteroatoms. The molecule has 0 aliphatic rings. The standard InChI is InChI=1S/C13H8F3N5O3/c1-23-12-10(17-8-9(19-12)21-24-20-8)18-11(22)6-2-4-7(5-3-6)13(14,15)16/h2-5H,1H3,(H,17,18,20,22). The first-order valence-corrected chi connectivity index (χ1v) is 6.41. The normalized spacial score (nSPS) is 11.5. The van der Waals surface area contributed by atoms with E-state index >= 15 is 0 Å². The van der Waals surface area contributed by atoms with Crippen molar-refractivity contribution in [3.05, 3.63) is 35.4 Å². The topological polar surface area (TPSA) is 103 Å². The lowest BCUT2D eigenvalue weighted by molar-refractivity contribution is -0.137. The van der Waals surface area contributed by atoms with Crippen LogP contribution in [0, 0.1) is 0 Å². The van der Waals surface area contributed by atoms with Gasteiger partial charge in [0.15, 0.2) is 5.82 Å². The number of anilines is 1. The highest BCUT2D eigenvalue weighted by Gasteiger charge is 2.30. The lowest BCUT2D eigenvalue weighted by atomic mass is 10.1. The maximum atomic E-state index is 12.5. The fourth-order valence-corrected chi connectivity index (χ4v) is 1.84. The highest BCUT2D eigenvalue weighted by molar-refractivity contribution is 6.04. The van der Waals surface area contributed by atoms with Gasteiger partial charge in [0.25, 0.3) is 11.8 Å². The number of benzene rings is 1. The summed E-state index contributed by atoms with van der Waals surface area (Å²) >= 11 is 0. The maximum Gasteiger partial charge on any atom is 0.416 e. The number of ether oxygens (including phenoxy) is 1. The summed E-state index contributed by atoms with van der Waals surface area (Å²) in [5.41, 5.74) is -0.727. The molecule has 1 N–H and O–H groups in total. The maximum absolute atomic E-state index is 12.5. The minimum atomic E-state index is -4.48. The number of methoxy groups -OCH3 is 1. The third-order valence-corrected chi connectivity index (χ3v) is 2.98. The number of nitrogens with one attached hydrogen (secondary N) is 1. The molecule has 2 heterocycles. The van der Waals surface area contributed by atoms with Gasteiger partial charge in [-0.2, -0.15) is 23.1 Å². The van der Waals surface area contributed by atoms with Crippen molar-refractivity contribution in [3.8, 4) is 5.88 Å². The number of carbonyl (C=O) groups is 1. The van der Waals surface area contributed by atoms with Gasteiger partial charge in [-0.05, 0) is 34.6 Å². The number of fused-ring (bicyclic) bond motifs is 1. The van der Waals surface area contributed by atoms with Gasteiger partial charge in [0.2, 0.25) is 11.3 Å². The van der Waals surface area contributed by atoms with Crippen LogP contribution in [0.25, 0.3) is 11.3 Å². The highest BCUT2D eigenvalue weighted by atomic mass is 19.4. The molecule has 0 radical (unpaired) electrons. The molecule has 0 aliphatic heterocycles. The second-order valence-electron chi connectivity index (χ2n) is 4.52. The molecule has 0 unspecified atom stereocenters. The highest BCUT2D eigenvalue weighted by Crippen LogP contribution is 2.29. The van der Waals surface area contributed by atoms with Crippen LogP contribution in [-0.4, -0.2) is 33.3 Å². The average Bonchev–Trinajstić information content (AvgIpc) is 3.00. The Balaban J connectivity index is 1.86. The molecule has 3 aromatic rings. The summed E-state index contributed by atoms with van der Waals surface area (Å²) in [5, 5.41) is 9.35. The number of halogens is 3. The predicted octanol–water partition coefficient (Wildman–Crippen LogP) is 2.29. The molecule has 0 saturated heterocycles. The van der Waals surface area contributed by atoms with E-state index in [1.165, 1.54) is 7.11 Å². The van der Waals surface area contributed by atoms with E-state index in [2.05, 4.69) is 30.2 Å². The van der Waals surface area contributed by atoms with Crippen LogP contribution in [0.4, 0.5) is 19.0 Å². The summed E-state index contributed by atoms with van der Waals surface area (Å²) in [7, 11) is 1.30. The second-order valence-corrected chi connectivity index (χ2v) is 4.52. The average molecular weight is 339 g/mol. The molecule has 0 saturated carbocycles. The Kier molecular flexibility index (Phi) is 3.75. The number of hydrogen-bond acceptors (Lipinski definition) is 7. The SMILES string of the molecule is COc1nc2nonc2nc1NC(=O)c1ccc(C(F)(F)F)cc1. The van der Waals surface area contributed by atoms with Gasteiger partial charge >= 0.3 is 6.18 Å². The summed E-state index contributed by atoms with van der Waals surface area (Å²) in [5.74, 6) is -0.795. The Labute approximate surface area is 131 Å². The van der Waals surface area contributed by atoms with Crippen molar-refractivity contribution in [2.24, 2.45) is 0 Å². The minimum Gasteiger partial charge on any atom is -0.478 e. The molecule has 8 nitrogen and oxygen atoms in total. The van der Waals surface area contributed by atoms with Gasteiger partial charge in [-0.3, -0.25) is 4.79 Å². The van der Waals surface area contributed by atoms with E-state index in [-0.39, 0.29) is 28.6 Å². The zero-order chi connectivity index (χ0) is 17.3. The van der Waals surface area contributed by atoms with Crippen molar-refractivity contribution in [1.29, 1.82) is 0 Å². The van der Waals surface area contributed by atoms with Crippen LogP contribution in [-0.2, 0) is 6.18 Å². The van der Waals surface area contributed by atoms with Crippen LogP contribution in [0.2, 0.25) is 0 Å². The lowest BCUT2D eigenvalue weighted by Gasteiger charge is -2.09. The van der Waals surface area contributed by atoms with Gasteiger partial charge in [-0.1, -0.05) is 0 Å². The molecule has 2 aromatic heterocycles. The van der Waals surface area contributed by atoms with Crippen molar-refractivity contribution in [3.63, 3.8) is 0 Å². The first kappa shape index (κ1) is 15.6. The van der Waals surface area contributed by atoms with Gasteiger partial charge in [0.05, 0.1) is 12.7 Å². The zero-order valence-corrected chi connectivity index (χ0v) is 12.0. The molecule has 0 bridgehead atoms. The van der Waals surface area contributed by atoms with Gasteiger partial charge in [-0.25, -0.2) is 4.63 Å². The van der Waals surface area contributed by atoms with Crippen LogP contribution >= 0.6 is 0 Å². The molecular formula is C13H8F3N5O3. The van der Waals surface area contributed by atoms with Gasteiger partial charge in [0.1, 0.15) is 0 Å². The molecule has 0 aliphatic carbocycles. The zero-order valence-electron chi connectivity index (χ0n) is 12.0. The molecular weight excluding hydrogens is 331 g/mol. The Hall–Kier alpha value is -3.24. The van der Waals surface area contributed by atoms with E-state index in [0.29, 0.717) is 0 Å². The lowest BCUT2D eigenvalue weighted by Crippen LogP contribution is -2.15. The fourth-order valence-electron chi connectivity index (χ4n) is 1.84. The number of amides is 1. The Bertz CT molecular complexity index is 892. The van der Waals surface area contributed by atoms with Crippen LogP contribution < -0.4 is 10.1 Å². The van der Waals surface area contributed by atoms with Crippen LogP contribution in [0.15, 0.2) is 28.9 Å². The van der Waals surface area contributed by atoms with E-state index in [4.69, 9.17) is 4.74 Å². The smallest absolute Gasteiger partial charge is 0.416 e. The Morgan fingerprint density at radius 2 is 1.75 bits per heavy atom. The number of nitrogens with zero attached hydrogens (tertiary/aromatic N) is 4. The van der Waals surface area contributed by atoms with E-state index in [1.54, 1.807) is 0 Å². The molecule has 1 aromatic carbocycles. The molecule has 0 atom stereocenters. The fraction of sp³-hybridized carbons (Fsp3) is 0.154. The molecule has 3 rings (SSSR count). The summed E-state index contributed by atoms with van der Waals surface area (Å²) in [6, 6.07) is 3.72. The van der Waals surface area contributed by atoms with E-state index < -0.39 is 17.6 Å². The van der Waals surface area contributed by atoms with Gasteiger partial charge in [0, 0.05) is 5.56 Å². The Morgan fingerprint density at radius 3 is 2.33 bits per heavy atom. The molecule has 124 valence electrons. The number of alkyl halides is 3. The van der Waals surface area contributed by atoms with E-state index in [0.717, 1.165) is 24.3 Å². The van der Waals surface area contributed by atoms with Crippen LogP contribution in [0.3, 0.4) is 0 Å². The largest absolute Gasteiger partial charge is 0.478 e.